The Balaban J connectivity index is 1.61. The first kappa shape index (κ1) is 24.6. The third-order valence-corrected chi connectivity index (χ3v) is 5.91. The van der Waals surface area contributed by atoms with Crippen molar-refractivity contribution in [1.29, 1.82) is 0 Å². The first-order valence-corrected chi connectivity index (χ1v) is 11.6. The fourth-order valence-electron chi connectivity index (χ4n) is 3.33. The molecule has 3 aromatic rings. The second-order valence-corrected chi connectivity index (χ2v) is 8.31. The standard InChI is InChI=1S/C23H25F3N4O2S/c1-3-11-30-19-12-16(23(24,25)26)9-10-18(19)29-22(30)33-14-21(32)27-13-20(31)28-17-8-6-5-7-15(17)4-2/h5-10,12H,3-4,11,13-14H2,1-2H3,(H,27,32)(H,28,31). The zero-order valence-electron chi connectivity index (χ0n) is 18.3. The first-order chi connectivity index (χ1) is 15.7. The number of para-hydroxylation sites is 1. The van der Waals surface area contributed by atoms with Crippen LogP contribution in [0.1, 0.15) is 31.4 Å². The van der Waals surface area contributed by atoms with Crippen LogP contribution < -0.4 is 10.6 Å². The number of nitrogens with one attached hydrogen (secondary N) is 2. The van der Waals surface area contributed by atoms with E-state index in [4.69, 9.17) is 0 Å². The van der Waals surface area contributed by atoms with Crippen LogP contribution in [-0.4, -0.2) is 33.7 Å². The number of carbonyl (C=O) groups excluding carboxylic acids is 2. The Labute approximate surface area is 194 Å². The van der Waals surface area contributed by atoms with Crippen molar-refractivity contribution in [3.05, 3.63) is 53.6 Å². The first-order valence-electron chi connectivity index (χ1n) is 10.6. The smallest absolute Gasteiger partial charge is 0.346 e. The highest BCUT2D eigenvalue weighted by atomic mass is 32.2. The number of aromatic nitrogens is 2. The lowest BCUT2D eigenvalue weighted by Crippen LogP contribution is -2.34. The van der Waals surface area contributed by atoms with Gasteiger partial charge in [-0.15, -0.1) is 0 Å². The monoisotopic (exact) mass is 478 g/mol. The normalized spacial score (nSPS) is 11.5. The highest BCUT2D eigenvalue weighted by Crippen LogP contribution is 2.33. The van der Waals surface area contributed by atoms with Crippen molar-refractivity contribution < 1.29 is 22.8 Å². The third-order valence-electron chi connectivity index (χ3n) is 4.94. The van der Waals surface area contributed by atoms with E-state index in [2.05, 4.69) is 15.6 Å². The number of aryl methyl sites for hydroxylation is 2. The van der Waals surface area contributed by atoms with Gasteiger partial charge in [0.15, 0.2) is 5.16 Å². The summed E-state index contributed by atoms with van der Waals surface area (Å²) < 4.78 is 41.0. The summed E-state index contributed by atoms with van der Waals surface area (Å²) in [6.07, 6.45) is -2.98. The van der Waals surface area contributed by atoms with E-state index >= 15 is 0 Å². The van der Waals surface area contributed by atoms with Crippen molar-refractivity contribution in [2.75, 3.05) is 17.6 Å². The van der Waals surface area contributed by atoms with Crippen LogP contribution in [0.2, 0.25) is 0 Å². The zero-order chi connectivity index (χ0) is 24.0. The quantitative estimate of drug-likeness (QED) is 0.430. The van der Waals surface area contributed by atoms with E-state index in [-0.39, 0.29) is 24.1 Å². The van der Waals surface area contributed by atoms with E-state index in [0.29, 0.717) is 34.8 Å². The summed E-state index contributed by atoms with van der Waals surface area (Å²) in [5.41, 5.74) is 1.78. The van der Waals surface area contributed by atoms with Crippen molar-refractivity contribution in [1.82, 2.24) is 14.9 Å². The molecule has 0 spiro atoms. The lowest BCUT2D eigenvalue weighted by Gasteiger charge is -2.11. The molecule has 2 N–H and O–H groups in total. The molecule has 0 saturated carbocycles. The lowest BCUT2D eigenvalue weighted by atomic mass is 10.1. The summed E-state index contributed by atoms with van der Waals surface area (Å²) in [6, 6.07) is 10.9. The molecule has 0 bridgehead atoms. The highest BCUT2D eigenvalue weighted by molar-refractivity contribution is 7.99. The molecule has 176 valence electrons. The summed E-state index contributed by atoms with van der Waals surface area (Å²) in [4.78, 5) is 28.9. The number of amides is 2. The predicted octanol–water partition coefficient (Wildman–Crippen LogP) is 4.87. The number of halogens is 3. The Morgan fingerprint density at radius 2 is 1.85 bits per heavy atom. The summed E-state index contributed by atoms with van der Waals surface area (Å²) >= 11 is 1.12. The average molecular weight is 479 g/mol. The molecular formula is C23H25F3N4O2S. The molecule has 1 aromatic heterocycles. The van der Waals surface area contributed by atoms with E-state index < -0.39 is 11.7 Å². The van der Waals surface area contributed by atoms with Crippen LogP contribution in [0, 0.1) is 0 Å². The number of nitrogens with zero attached hydrogens (tertiary/aromatic N) is 2. The van der Waals surface area contributed by atoms with E-state index in [1.165, 1.54) is 6.07 Å². The van der Waals surface area contributed by atoms with Gasteiger partial charge in [-0.3, -0.25) is 9.59 Å². The van der Waals surface area contributed by atoms with Gasteiger partial charge in [0.1, 0.15) is 0 Å². The van der Waals surface area contributed by atoms with Gasteiger partial charge in [0.25, 0.3) is 0 Å². The third kappa shape index (κ3) is 6.28. The fraction of sp³-hybridized carbons (Fsp3) is 0.348. The molecule has 0 aliphatic rings. The SMILES string of the molecule is CCCn1c(SCC(=O)NCC(=O)Nc2ccccc2CC)nc2ccc(C(F)(F)F)cc21. The van der Waals surface area contributed by atoms with Gasteiger partial charge in [0, 0.05) is 12.2 Å². The summed E-state index contributed by atoms with van der Waals surface area (Å²) in [6.45, 7) is 4.19. The average Bonchev–Trinajstić information content (AvgIpc) is 3.13. The number of benzene rings is 2. The Morgan fingerprint density at radius 3 is 2.55 bits per heavy atom. The van der Waals surface area contributed by atoms with Crippen LogP contribution in [0.4, 0.5) is 18.9 Å². The molecule has 10 heteroatoms. The zero-order valence-corrected chi connectivity index (χ0v) is 19.1. The number of alkyl halides is 3. The minimum Gasteiger partial charge on any atom is -0.346 e. The number of imidazole rings is 1. The maximum atomic E-state index is 13.1. The fourth-order valence-corrected chi connectivity index (χ4v) is 4.20. The molecule has 0 aliphatic heterocycles. The Bertz CT molecular complexity index is 1140. The van der Waals surface area contributed by atoms with Crippen molar-refractivity contribution >= 4 is 40.3 Å². The van der Waals surface area contributed by atoms with Crippen LogP contribution in [-0.2, 0) is 28.7 Å². The van der Waals surface area contributed by atoms with Gasteiger partial charge in [0.2, 0.25) is 11.8 Å². The molecule has 1 heterocycles. The molecule has 0 radical (unpaired) electrons. The van der Waals surface area contributed by atoms with Gasteiger partial charge in [0.05, 0.1) is 28.9 Å². The van der Waals surface area contributed by atoms with Crippen molar-refractivity contribution in [2.24, 2.45) is 0 Å². The van der Waals surface area contributed by atoms with Gasteiger partial charge >= 0.3 is 6.18 Å². The molecule has 0 atom stereocenters. The predicted molar refractivity (Wildman–Crippen MR) is 123 cm³/mol. The Morgan fingerprint density at radius 1 is 1.09 bits per heavy atom. The second-order valence-electron chi connectivity index (χ2n) is 7.37. The Kier molecular flexibility index (Phi) is 8.01. The number of hydrogen-bond acceptors (Lipinski definition) is 4. The molecule has 2 amide bonds. The van der Waals surface area contributed by atoms with Gasteiger partial charge in [-0.05, 0) is 42.7 Å². The van der Waals surface area contributed by atoms with E-state index in [1.807, 2.05) is 32.0 Å². The van der Waals surface area contributed by atoms with Crippen LogP contribution >= 0.6 is 11.8 Å². The number of rotatable bonds is 9. The number of fused-ring (bicyclic) bond motifs is 1. The second kappa shape index (κ2) is 10.7. The van der Waals surface area contributed by atoms with Gasteiger partial charge in [-0.25, -0.2) is 4.98 Å². The topological polar surface area (TPSA) is 76.0 Å². The highest BCUT2D eigenvalue weighted by Gasteiger charge is 2.31. The summed E-state index contributed by atoms with van der Waals surface area (Å²) in [5, 5.41) is 5.81. The minimum atomic E-state index is -4.44. The molecule has 0 aliphatic carbocycles. The van der Waals surface area contributed by atoms with Gasteiger partial charge in [-0.2, -0.15) is 13.2 Å². The summed E-state index contributed by atoms with van der Waals surface area (Å²) in [7, 11) is 0. The van der Waals surface area contributed by atoms with E-state index in [9.17, 15) is 22.8 Å². The van der Waals surface area contributed by atoms with Crippen molar-refractivity contribution in [3.63, 3.8) is 0 Å². The number of thioether (sulfide) groups is 1. The van der Waals surface area contributed by atoms with Crippen molar-refractivity contribution in [3.8, 4) is 0 Å². The van der Waals surface area contributed by atoms with Crippen LogP contribution in [0.25, 0.3) is 11.0 Å². The molecule has 0 fully saturated rings. The molecule has 33 heavy (non-hydrogen) atoms. The molecular weight excluding hydrogens is 453 g/mol. The van der Waals surface area contributed by atoms with Gasteiger partial charge < -0.3 is 15.2 Å². The van der Waals surface area contributed by atoms with Crippen LogP contribution in [0.15, 0.2) is 47.6 Å². The van der Waals surface area contributed by atoms with Crippen molar-refractivity contribution in [2.45, 2.75) is 44.6 Å². The van der Waals surface area contributed by atoms with E-state index in [1.54, 1.807) is 10.6 Å². The molecule has 3 rings (SSSR count). The van der Waals surface area contributed by atoms with Crippen LogP contribution in [0.5, 0.6) is 0 Å². The molecule has 2 aromatic carbocycles. The maximum absolute atomic E-state index is 13.1. The molecule has 6 nitrogen and oxygen atoms in total. The number of anilines is 1. The molecule has 0 saturated heterocycles. The maximum Gasteiger partial charge on any atom is 0.416 e. The number of hydrogen-bond donors (Lipinski definition) is 2. The van der Waals surface area contributed by atoms with E-state index in [0.717, 1.165) is 35.9 Å². The molecule has 0 unspecified atom stereocenters. The summed E-state index contributed by atoms with van der Waals surface area (Å²) in [5.74, 6) is -0.727. The minimum absolute atomic E-state index is 0.0159. The van der Waals surface area contributed by atoms with Gasteiger partial charge in [-0.1, -0.05) is 43.8 Å². The number of carbonyl (C=O) groups is 2. The largest absolute Gasteiger partial charge is 0.416 e. The lowest BCUT2D eigenvalue weighted by molar-refractivity contribution is -0.137. The Hall–Kier alpha value is -3.01. The van der Waals surface area contributed by atoms with Crippen LogP contribution in [0.3, 0.4) is 0 Å².